The molecular weight excluding hydrogens is 224 g/mol. The second-order valence-corrected chi connectivity index (χ2v) is 4.53. The maximum Gasteiger partial charge on any atom is 0.248 e. The summed E-state index contributed by atoms with van der Waals surface area (Å²) < 4.78 is 0. The van der Waals surface area contributed by atoms with Crippen molar-refractivity contribution in [2.24, 2.45) is 5.73 Å². The molecule has 1 aromatic rings. The molecule has 0 aliphatic carbocycles. The quantitative estimate of drug-likeness (QED) is 0.828. The number of hydrogen-bond donors (Lipinski definition) is 1. The Hall–Kier alpha value is -1.87. The fraction of sp³-hybridized carbons (Fsp3) is 0.267. The van der Waals surface area contributed by atoms with Gasteiger partial charge in [0.25, 0.3) is 0 Å². The van der Waals surface area contributed by atoms with Gasteiger partial charge >= 0.3 is 0 Å². The molecule has 3 heteroatoms. The van der Waals surface area contributed by atoms with E-state index in [4.69, 9.17) is 5.73 Å². The van der Waals surface area contributed by atoms with Gasteiger partial charge in [-0.25, -0.2) is 0 Å². The molecule has 0 radical (unpaired) electrons. The average Bonchev–Trinajstić information content (AvgIpc) is 2.60. The molecule has 2 rings (SSSR count). The van der Waals surface area contributed by atoms with Gasteiger partial charge in [0.2, 0.25) is 5.91 Å². The summed E-state index contributed by atoms with van der Waals surface area (Å²) in [4.78, 5) is 13.9. The van der Waals surface area contributed by atoms with Crippen LogP contribution >= 0.6 is 0 Å². The molecule has 0 saturated carbocycles. The predicted molar refractivity (Wildman–Crippen MR) is 74.4 cm³/mol. The van der Waals surface area contributed by atoms with Gasteiger partial charge in [-0.15, -0.1) is 0 Å². The molecule has 1 aliphatic rings. The van der Waals surface area contributed by atoms with Gasteiger partial charge < -0.3 is 10.6 Å². The number of nitrogens with two attached hydrogens (primary N) is 1. The zero-order valence-corrected chi connectivity index (χ0v) is 10.8. The second-order valence-electron chi connectivity index (χ2n) is 4.53. The van der Waals surface area contributed by atoms with Crippen LogP contribution in [-0.4, -0.2) is 12.5 Å². The number of aryl methyl sites for hydroxylation is 1. The van der Waals surface area contributed by atoms with E-state index in [9.17, 15) is 4.79 Å². The van der Waals surface area contributed by atoms with Crippen molar-refractivity contribution in [3.63, 3.8) is 0 Å². The van der Waals surface area contributed by atoms with Gasteiger partial charge in [0.15, 0.2) is 0 Å². The lowest BCUT2D eigenvalue weighted by molar-refractivity contribution is -0.119. The molecule has 1 amide bonds. The van der Waals surface area contributed by atoms with E-state index in [1.54, 1.807) is 11.0 Å². The lowest BCUT2D eigenvalue weighted by Gasteiger charge is -2.18. The molecule has 94 valence electrons. The van der Waals surface area contributed by atoms with Crippen LogP contribution in [0.5, 0.6) is 0 Å². The van der Waals surface area contributed by atoms with Crippen LogP contribution in [0.3, 0.4) is 0 Å². The number of allylic oxidation sites excluding steroid dienone is 1. The number of amides is 1. The van der Waals surface area contributed by atoms with Crippen molar-refractivity contribution in [3.05, 3.63) is 53.6 Å². The molecule has 0 unspecified atom stereocenters. The third kappa shape index (κ3) is 1.97. The molecule has 3 nitrogen and oxygen atoms in total. The van der Waals surface area contributed by atoms with Crippen molar-refractivity contribution in [2.45, 2.75) is 19.9 Å². The third-order valence-electron chi connectivity index (χ3n) is 3.31. The van der Waals surface area contributed by atoms with E-state index in [0.29, 0.717) is 6.54 Å². The summed E-state index contributed by atoms with van der Waals surface area (Å²) in [5.41, 5.74) is 9.94. The van der Waals surface area contributed by atoms with Crippen molar-refractivity contribution in [3.8, 4) is 0 Å². The Bertz CT molecular complexity index is 531. The first-order chi connectivity index (χ1) is 8.58. The number of carbonyl (C=O) groups is 1. The van der Waals surface area contributed by atoms with Crippen molar-refractivity contribution < 1.29 is 4.79 Å². The van der Waals surface area contributed by atoms with Crippen molar-refractivity contribution in [1.29, 1.82) is 0 Å². The number of anilines is 1. The first-order valence-corrected chi connectivity index (χ1v) is 6.03. The predicted octanol–water partition coefficient (Wildman–Crippen LogP) is 2.47. The molecule has 1 aliphatic heterocycles. The standard InChI is InChI=1S/C15H18N2O/c1-4-11(5-2)9-17-13-7-6-10(3)8-12(13)14(16)15(17)18/h4-8,14H,1,9,16H2,2-3H3/b11-5+/t14-/m0/s1. The molecule has 2 N–H and O–H groups in total. The van der Waals surface area contributed by atoms with Gasteiger partial charge in [-0.1, -0.05) is 36.4 Å². The van der Waals surface area contributed by atoms with E-state index < -0.39 is 6.04 Å². The van der Waals surface area contributed by atoms with Crippen LogP contribution in [0.2, 0.25) is 0 Å². The van der Waals surface area contributed by atoms with E-state index in [2.05, 4.69) is 6.58 Å². The highest BCUT2D eigenvalue weighted by atomic mass is 16.2. The van der Waals surface area contributed by atoms with Crippen molar-refractivity contribution in [2.75, 3.05) is 11.4 Å². The van der Waals surface area contributed by atoms with Crippen molar-refractivity contribution in [1.82, 2.24) is 0 Å². The lowest BCUT2D eigenvalue weighted by Crippen LogP contribution is -2.33. The molecular formula is C15H18N2O. The maximum absolute atomic E-state index is 12.2. The summed E-state index contributed by atoms with van der Waals surface area (Å²) in [5.74, 6) is -0.0446. The van der Waals surface area contributed by atoms with E-state index in [0.717, 1.165) is 22.4 Å². The average molecular weight is 242 g/mol. The minimum atomic E-state index is -0.539. The molecule has 18 heavy (non-hydrogen) atoms. The molecule has 0 aromatic heterocycles. The summed E-state index contributed by atoms with van der Waals surface area (Å²) >= 11 is 0. The fourth-order valence-corrected chi connectivity index (χ4v) is 2.21. The molecule has 1 atom stereocenters. The summed E-state index contributed by atoms with van der Waals surface area (Å²) in [6, 6.07) is 5.41. The van der Waals surface area contributed by atoms with Gasteiger partial charge in [-0.2, -0.15) is 0 Å². The summed E-state index contributed by atoms with van der Waals surface area (Å²) in [7, 11) is 0. The van der Waals surface area contributed by atoms with E-state index in [1.165, 1.54) is 0 Å². The minimum absolute atomic E-state index is 0.0446. The van der Waals surface area contributed by atoms with Crippen LogP contribution in [0.15, 0.2) is 42.5 Å². The highest BCUT2D eigenvalue weighted by Crippen LogP contribution is 2.35. The van der Waals surface area contributed by atoms with Crippen LogP contribution in [-0.2, 0) is 4.79 Å². The molecule has 1 aromatic carbocycles. The molecule has 0 bridgehead atoms. The van der Waals surface area contributed by atoms with Crippen LogP contribution in [0.4, 0.5) is 5.69 Å². The van der Waals surface area contributed by atoms with Gasteiger partial charge in [0.05, 0.1) is 6.54 Å². The summed E-state index contributed by atoms with van der Waals surface area (Å²) in [5, 5.41) is 0. The number of hydrogen-bond acceptors (Lipinski definition) is 2. The fourth-order valence-electron chi connectivity index (χ4n) is 2.21. The largest absolute Gasteiger partial charge is 0.316 e. The van der Waals surface area contributed by atoms with Gasteiger partial charge in [-0.3, -0.25) is 4.79 Å². The Morgan fingerprint density at radius 3 is 2.89 bits per heavy atom. The third-order valence-corrected chi connectivity index (χ3v) is 3.31. The first kappa shape index (κ1) is 12.6. The zero-order valence-electron chi connectivity index (χ0n) is 10.8. The zero-order chi connectivity index (χ0) is 13.3. The van der Waals surface area contributed by atoms with Gasteiger partial charge in [-0.05, 0) is 25.5 Å². The monoisotopic (exact) mass is 242 g/mol. The second kappa shape index (κ2) is 4.78. The Labute approximate surface area is 108 Å². The smallest absolute Gasteiger partial charge is 0.248 e. The Morgan fingerprint density at radius 2 is 2.28 bits per heavy atom. The number of carbonyl (C=O) groups excluding carboxylic acids is 1. The topological polar surface area (TPSA) is 46.3 Å². The Kier molecular flexibility index (Phi) is 3.34. The van der Waals surface area contributed by atoms with Gasteiger partial charge in [0, 0.05) is 11.3 Å². The molecule has 1 heterocycles. The van der Waals surface area contributed by atoms with E-state index in [-0.39, 0.29) is 5.91 Å². The highest BCUT2D eigenvalue weighted by Gasteiger charge is 2.34. The molecule has 0 saturated heterocycles. The first-order valence-electron chi connectivity index (χ1n) is 6.03. The summed E-state index contributed by atoms with van der Waals surface area (Å²) in [6.07, 6.45) is 3.73. The highest BCUT2D eigenvalue weighted by molar-refractivity contribution is 6.04. The summed E-state index contributed by atoms with van der Waals surface area (Å²) in [6.45, 7) is 8.22. The normalized spacial score (nSPS) is 19.1. The van der Waals surface area contributed by atoms with Crippen LogP contribution in [0.25, 0.3) is 0 Å². The molecule has 0 spiro atoms. The van der Waals surface area contributed by atoms with Crippen molar-refractivity contribution >= 4 is 11.6 Å². The van der Waals surface area contributed by atoms with E-state index in [1.807, 2.05) is 38.1 Å². The van der Waals surface area contributed by atoms with Gasteiger partial charge in [0.1, 0.15) is 6.04 Å². The number of fused-ring (bicyclic) bond motifs is 1. The minimum Gasteiger partial charge on any atom is -0.316 e. The Morgan fingerprint density at radius 1 is 1.56 bits per heavy atom. The number of benzene rings is 1. The van der Waals surface area contributed by atoms with E-state index >= 15 is 0 Å². The SMILES string of the molecule is C=C/C(=C\C)CN1C(=O)[C@@H](N)c2cc(C)ccc21. The van der Waals surface area contributed by atoms with Crippen LogP contribution in [0.1, 0.15) is 24.1 Å². The number of rotatable bonds is 3. The van der Waals surface area contributed by atoms with Crippen LogP contribution < -0.4 is 10.6 Å². The lowest BCUT2D eigenvalue weighted by atomic mass is 10.1. The van der Waals surface area contributed by atoms with Crippen LogP contribution in [0, 0.1) is 6.92 Å². The number of nitrogens with zero attached hydrogens (tertiary/aromatic N) is 1. The Balaban J connectivity index is 2.40. The molecule has 0 fully saturated rings. The maximum atomic E-state index is 12.2.